The number of rotatable bonds is 5. The number of anilines is 1. The van der Waals surface area contributed by atoms with Crippen molar-refractivity contribution in [2.75, 3.05) is 4.90 Å². The Morgan fingerprint density at radius 3 is 2.07 bits per heavy atom. The molecule has 0 saturated heterocycles. The van der Waals surface area contributed by atoms with E-state index in [1.807, 2.05) is 84.9 Å². The predicted molar refractivity (Wildman–Crippen MR) is 111 cm³/mol. The fourth-order valence-electron chi connectivity index (χ4n) is 3.43. The van der Waals surface area contributed by atoms with Crippen LogP contribution in [0.3, 0.4) is 0 Å². The van der Waals surface area contributed by atoms with Crippen molar-refractivity contribution in [3.63, 3.8) is 0 Å². The summed E-state index contributed by atoms with van der Waals surface area (Å²) in [4.78, 5) is 27.7. The van der Waals surface area contributed by atoms with Gasteiger partial charge in [-0.15, -0.1) is 0 Å². The fraction of sp³-hybridized carbons (Fsp3) is 0.130. The van der Waals surface area contributed by atoms with E-state index in [-0.39, 0.29) is 18.1 Å². The Bertz CT molecular complexity index is 1160. The van der Waals surface area contributed by atoms with E-state index in [0.717, 1.165) is 22.3 Å². The molecule has 0 aliphatic carbocycles. The van der Waals surface area contributed by atoms with Crippen LogP contribution >= 0.6 is 0 Å². The number of aryl methyl sites for hydroxylation is 1. The number of fused-ring (bicyclic) bond motifs is 1. The van der Waals surface area contributed by atoms with Gasteiger partial charge >= 0.3 is 5.69 Å². The monoisotopic (exact) mass is 371 g/mol. The standard InChI is InChI=1S/C23H21N3O2/c1-24-20-14-8-9-15-21(20)26(23(24)28)17-22(27)25(19-12-6-3-7-13-19)16-18-10-4-2-5-11-18/h2-15H,16-17H2,1H3. The first-order chi connectivity index (χ1) is 13.6. The Morgan fingerprint density at radius 1 is 0.821 bits per heavy atom. The lowest BCUT2D eigenvalue weighted by molar-refractivity contribution is -0.119. The van der Waals surface area contributed by atoms with Gasteiger partial charge in [-0.05, 0) is 29.8 Å². The summed E-state index contributed by atoms with van der Waals surface area (Å²) in [6, 6.07) is 26.9. The van der Waals surface area contributed by atoms with E-state index >= 15 is 0 Å². The van der Waals surface area contributed by atoms with Crippen molar-refractivity contribution in [3.05, 3.63) is 101 Å². The minimum atomic E-state index is -0.192. The van der Waals surface area contributed by atoms with E-state index in [4.69, 9.17) is 0 Å². The maximum atomic E-state index is 13.3. The third-order valence-corrected chi connectivity index (χ3v) is 4.90. The number of carbonyl (C=O) groups is 1. The largest absolute Gasteiger partial charge is 0.329 e. The summed E-state index contributed by atoms with van der Waals surface area (Å²) in [5, 5.41) is 0. The number of imidazole rings is 1. The zero-order valence-corrected chi connectivity index (χ0v) is 15.7. The second-order valence-electron chi connectivity index (χ2n) is 6.72. The minimum Gasteiger partial charge on any atom is -0.306 e. The van der Waals surface area contributed by atoms with Gasteiger partial charge in [0, 0.05) is 12.7 Å². The molecule has 140 valence electrons. The molecule has 3 aromatic carbocycles. The molecule has 5 heteroatoms. The van der Waals surface area contributed by atoms with E-state index in [0.29, 0.717) is 6.54 Å². The number of hydrogen-bond donors (Lipinski definition) is 0. The van der Waals surface area contributed by atoms with Gasteiger partial charge in [-0.25, -0.2) is 4.79 Å². The van der Waals surface area contributed by atoms with Crippen LogP contribution in [0.1, 0.15) is 5.56 Å². The molecule has 0 aliphatic rings. The molecule has 0 unspecified atom stereocenters. The van der Waals surface area contributed by atoms with Crippen LogP contribution in [0.15, 0.2) is 89.7 Å². The minimum absolute atomic E-state index is 0.0120. The Kier molecular flexibility index (Phi) is 4.81. The number of amides is 1. The summed E-state index contributed by atoms with van der Waals surface area (Å²) in [7, 11) is 1.73. The van der Waals surface area contributed by atoms with Gasteiger partial charge < -0.3 is 4.90 Å². The number of para-hydroxylation sites is 3. The van der Waals surface area contributed by atoms with E-state index in [1.54, 1.807) is 21.1 Å². The van der Waals surface area contributed by atoms with Crippen LogP contribution in [-0.4, -0.2) is 15.0 Å². The molecule has 1 amide bonds. The molecular formula is C23H21N3O2. The highest BCUT2D eigenvalue weighted by Crippen LogP contribution is 2.19. The molecule has 4 rings (SSSR count). The molecule has 5 nitrogen and oxygen atoms in total. The number of hydrogen-bond acceptors (Lipinski definition) is 2. The average molecular weight is 371 g/mol. The molecule has 1 heterocycles. The van der Waals surface area contributed by atoms with Crippen molar-refractivity contribution < 1.29 is 4.79 Å². The lowest BCUT2D eigenvalue weighted by Crippen LogP contribution is -2.36. The highest BCUT2D eigenvalue weighted by atomic mass is 16.2. The van der Waals surface area contributed by atoms with Crippen LogP contribution in [0, 0.1) is 0 Å². The van der Waals surface area contributed by atoms with Gasteiger partial charge in [-0.1, -0.05) is 60.7 Å². The van der Waals surface area contributed by atoms with E-state index < -0.39 is 0 Å². The molecule has 28 heavy (non-hydrogen) atoms. The second-order valence-corrected chi connectivity index (χ2v) is 6.72. The molecule has 0 bridgehead atoms. The molecule has 0 fully saturated rings. The van der Waals surface area contributed by atoms with Crippen LogP contribution in [0.25, 0.3) is 11.0 Å². The van der Waals surface area contributed by atoms with Gasteiger partial charge in [0.25, 0.3) is 0 Å². The van der Waals surface area contributed by atoms with Crippen molar-refractivity contribution in [1.29, 1.82) is 0 Å². The van der Waals surface area contributed by atoms with Gasteiger partial charge in [0.15, 0.2) is 0 Å². The highest BCUT2D eigenvalue weighted by Gasteiger charge is 2.20. The molecule has 0 spiro atoms. The Hall–Kier alpha value is -3.60. The van der Waals surface area contributed by atoms with Crippen LogP contribution in [0.4, 0.5) is 5.69 Å². The summed E-state index contributed by atoms with van der Waals surface area (Å²) in [6.45, 7) is 0.436. The third-order valence-electron chi connectivity index (χ3n) is 4.90. The van der Waals surface area contributed by atoms with Crippen molar-refractivity contribution in [3.8, 4) is 0 Å². The molecule has 1 aromatic heterocycles. The lowest BCUT2D eigenvalue weighted by Gasteiger charge is -2.23. The molecule has 0 saturated carbocycles. The second kappa shape index (κ2) is 7.56. The van der Waals surface area contributed by atoms with Crippen molar-refractivity contribution in [1.82, 2.24) is 9.13 Å². The highest BCUT2D eigenvalue weighted by molar-refractivity contribution is 5.94. The normalized spacial score (nSPS) is 10.9. The van der Waals surface area contributed by atoms with Gasteiger partial charge in [0.1, 0.15) is 6.54 Å². The summed E-state index contributed by atoms with van der Waals surface area (Å²) < 4.78 is 3.12. The van der Waals surface area contributed by atoms with Gasteiger partial charge in [-0.3, -0.25) is 13.9 Å². The van der Waals surface area contributed by atoms with Crippen molar-refractivity contribution >= 4 is 22.6 Å². The van der Waals surface area contributed by atoms with Crippen molar-refractivity contribution in [2.45, 2.75) is 13.1 Å². The van der Waals surface area contributed by atoms with Crippen LogP contribution in [0.2, 0.25) is 0 Å². The number of benzene rings is 3. The molecule has 0 atom stereocenters. The summed E-state index contributed by atoms with van der Waals surface area (Å²) in [6.07, 6.45) is 0. The van der Waals surface area contributed by atoms with Gasteiger partial charge in [0.05, 0.1) is 17.6 Å². The van der Waals surface area contributed by atoms with Crippen LogP contribution in [-0.2, 0) is 24.9 Å². The quantitative estimate of drug-likeness (QED) is 0.538. The Balaban J connectivity index is 1.71. The summed E-state index contributed by atoms with van der Waals surface area (Å²) in [5.74, 6) is -0.131. The van der Waals surface area contributed by atoms with Gasteiger partial charge in [-0.2, -0.15) is 0 Å². The Morgan fingerprint density at radius 2 is 1.39 bits per heavy atom. The molecular weight excluding hydrogens is 350 g/mol. The lowest BCUT2D eigenvalue weighted by atomic mass is 10.2. The van der Waals surface area contributed by atoms with Crippen LogP contribution < -0.4 is 10.6 Å². The van der Waals surface area contributed by atoms with Gasteiger partial charge in [0.2, 0.25) is 5.91 Å². The zero-order valence-electron chi connectivity index (χ0n) is 15.7. The smallest absolute Gasteiger partial charge is 0.306 e. The summed E-state index contributed by atoms with van der Waals surface area (Å²) in [5.41, 5.74) is 3.22. The maximum Gasteiger partial charge on any atom is 0.329 e. The van der Waals surface area contributed by atoms with E-state index in [1.165, 1.54) is 0 Å². The predicted octanol–water partition coefficient (Wildman–Crippen LogP) is 3.57. The molecule has 0 radical (unpaired) electrons. The topological polar surface area (TPSA) is 47.2 Å². The molecule has 0 N–H and O–H groups in total. The SMILES string of the molecule is Cn1c(=O)n(CC(=O)N(Cc2ccccc2)c2ccccc2)c2ccccc21. The van der Waals surface area contributed by atoms with Crippen molar-refractivity contribution in [2.24, 2.45) is 7.05 Å². The average Bonchev–Trinajstić information content (AvgIpc) is 2.98. The maximum absolute atomic E-state index is 13.3. The fourth-order valence-corrected chi connectivity index (χ4v) is 3.43. The molecule has 0 aliphatic heterocycles. The number of nitrogens with zero attached hydrogens (tertiary/aromatic N) is 3. The van der Waals surface area contributed by atoms with E-state index in [9.17, 15) is 9.59 Å². The first-order valence-electron chi connectivity index (χ1n) is 9.19. The Labute approximate surface area is 163 Å². The number of carbonyl (C=O) groups excluding carboxylic acids is 1. The first-order valence-corrected chi connectivity index (χ1v) is 9.19. The number of aromatic nitrogens is 2. The zero-order chi connectivity index (χ0) is 19.5. The molecule has 4 aromatic rings. The first kappa shape index (κ1) is 17.8. The van der Waals surface area contributed by atoms with Crippen LogP contribution in [0.5, 0.6) is 0 Å². The third kappa shape index (κ3) is 3.34. The van der Waals surface area contributed by atoms with E-state index in [2.05, 4.69) is 0 Å². The summed E-state index contributed by atoms with van der Waals surface area (Å²) >= 11 is 0.